The van der Waals surface area contributed by atoms with E-state index in [0.29, 0.717) is 12.0 Å². The zero-order valence-corrected chi connectivity index (χ0v) is 20.1. The molecule has 0 saturated heterocycles. The molecular weight excluding hydrogens is 334 g/mol. The van der Waals surface area contributed by atoms with Gasteiger partial charge in [-0.1, -0.05) is 26.2 Å². The van der Waals surface area contributed by atoms with Crippen molar-refractivity contribution in [2.75, 3.05) is 25.0 Å². The van der Waals surface area contributed by atoms with Crippen LogP contribution in [0.2, 0.25) is 0 Å². The molecule has 1 aromatic rings. The maximum Gasteiger partial charge on any atom is 1.00 e. The Morgan fingerprint density at radius 1 is 1.23 bits per heavy atom. The Balaban J connectivity index is -0.00000127. The van der Waals surface area contributed by atoms with Crippen molar-refractivity contribution in [3.63, 3.8) is 0 Å². The standard InChI is InChI=1S/C19H32FN2.C2H4.CH3.Na/c1-6-9-21-14-15(4)22(5)19-12-17(11-18(20)13-19)10-16(7-2)8-3;1-2;;/h11-13,15-16,21H,2,6-10,14H2,1,3-5H3;1-2H2;1H3;/q-1;;-1;+1. The molecule has 146 valence electrons. The summed E-state index contributed by atoms with van der Waals surface area (Å²) >= 11 is 0. The summed E-state index contributed by atoms with van der Waals surface area (Å²) in [5.41, 5.74) is 2.03. The van der Waals surface area contributed by atoms with Gasteiger partial charge in [0.25, 0.3) is 0 Å². The summed E-state index contributed by atoms with van der Waals surface area (Å²) in [6.45, 7) is 18.4. The first-order valence-corrected chi connectivity index (χ1v) is 9.04. The molecular formula is C22H39FN2Na-. The Labute approximate surface area is 184 Å². The molecule has 26 heavy (non-hydrogen) atoms. The summed E-state index contributed by atoms with van der Waals surface area (Å²) in [6.07, 6.45) is 4.02. The van der Waals surface area contributed by atoms with Gasteiger partial charge in [-0.05, 0) is 50.1 Å². The van der Waals surface area contributed by atoms with Crippen molar-refractivity contribution in [3.05, 3.63) is 57.1 Å². The Bertz CT molecular complexity index is 450. The first-order valence-electron chi connectivity index (χ1n) is 9.04. The van der Waals surface area contributed by atoms with Crippen molar-refractivity contribution in [2.45, 2.75) is 52.5 Å². The van der Waals surface area contributed by atoms with Crippen LogP contribution in [0.3, 0.4) is 0 Å². The van der Waals surface area contributed by atoms with Crippen LogP contribution in [0, 0.1) is 26.1 Å². The van der Waals surface area contributed by atoms with E-state index in [1.54, 1.807) is 12.1 Å². The molecule has 0 bridgehead atoms. The van der Waals surface area contributed by atoms with Gasteiger partial charge in [0, 0.05) is 25.3 Å². The largest absolute Gasteiger partial charge is 1.00 e. The van der Waals surface area contributed by atoms with Crippen LogP contribution in [0.25, 0.3) is 0 Å². The number of anilines is 1. The van der Waals surface area contributed by atoms with Gasteiger partial charge in [0.05, 0.1) is 0 Å². The molecule has 0 aromatic heterocycles. The zero-order chi connectivity index (χ0) is 18.5. The summed E-state index contributed by atoms with van der Waals surface area (Å²) in [6, 6.07) is 5.74. The van der Waals surface area contributed by atoms with Crippen LogP contribution >= 0.6 is 0 Å². The molecule has 4 heteroatoms. The molecule has 0 aliphatic heterocycles. The first kappa shape index (κ1) is 30.4. The molecule has 0 aliphatic carbocycles. The SMILES string of the molecule is C=C.[CH2-]CC(CC)Cc1cc(F)cc(N(C)C(C)CNCCC)c1.[CH3-].[Na+]. The van der Waals surface area contributed by atoms with Crippen molar-refractivity contribution >= 4 is 5.69 Å². The fourth-order valence-corrected chi connectivity index (χ4v) is 2.62. The normalized spacial score (nSPS) is 11.9. The summed E-state index contributed by atoms with van der Waals surface area (Å²) in [5, 5.41) is 3.42. The topological polar surface area (TPSA) is 15.3 Å². The third kappa shape index (κ3) is 11.4. The van der Waals surface area contributed by atoms with Gasteiger partial charge in [-0.25, -0.2) is 4.39 Å². The quantitative estimate of drug-likeness (QED) is 0.294. The van der Waals surface area contributed by atoms with Crippen molar-refractivity contribution in [2.24, 2.45) is 5.92 Å². The van der Waals surface area contributed by atoms with Crippen molar-refractivity contribution < 1.29 is 33.9 Å². The maximum absolute atomic E-state index is 14.0. The van der Waals surface area contributed by atoms with E-state index < -0.39 is 0 Å². The Morgan fingerprint density at radius 3 is 2.35 bits per heavy atom. The van der Waals surface area contributed by atoms with Crippen LogP contribution in [0.1, 0.15) is 45.6 Å². The molecule has 1 rings (SSSR count). The number of nitrogens with zero attached hydrogens (tertiary/aromatic N) is 1. The van der Waals surface area contributed by atoms with E-state index in [2.05, 4.69) is 57.1 Å². The van der Waals surface area contributed by atoms with Gasteiger partial charge >= 0.3 is 29.6 Å². The molecule has 0 amide bonds. The smallest absolute Gasteiger partial charge is 0.371 e. The number of nitrogens with one attached hydrogen (secondary N) is 1. The number of hydrogen-bond acceptors (Lipinski definition) is 2. The van der Waals surface area contributed by atoms with Crippen LogP contribution < -0.4 is 39.8 Å². The number of hydrogen-bond donors (Lipinski definition) is 1. The van der Waals surface area contributed by atoms with Gasteiger partial charge < -0.3 is 24.6 Å². The summed E-state index contributed by atoms with van der Waals surface area (Å²) in [7, 11) is 2.04. The molecule has 0 heterocycles. The fourth-order valence-electron chi connectivity index (χ4n) is 2.62. The molecule has 0 spiro atoms. The fraction of sp³-hybridized carbons (Fsp3) is 0.545. The predicted octanol–water partition coefficient (Wildman–Crippen LogP) is 2.70. The number of likely N-dealkylation sites (N-methyl/N-ethyl adjacent to an activating group) is 1. The van der Waals surface area contributed by atoms with E-state index in [9.17, 15) is 4.39 Å². The summed E-state index contributed by atoms with van der Waals surface area (Å²) < 4.78 is 14.0. The van der Waals surface area contributed by atoms with E-state index >= 15 is 0 Å². The van der Waals surface area contributed by atoms with E-state index in [0.717, 1.165) is 50.0 Å². The maximum atomic E-state index is 14.0. The second-order valence-electron chi connectivity index (χ2n) is 6.25. The second kappa shape index (κ2) is 18.0. The minimum atomic E-state index is -0.146. The van der Waals surface area contributed by atoms with Crippen molar-refractivity contribution in [1.29, 1.82) is 0 Å². The molecule has 2 nitrogen and oxygen atoms in total. The minimum Gasteiger partial charge on any atom is -0.371 e. The monoisotopic (exact) mass is 373 g/mol. The van der Waals surface area contributed by atoms with Gasteiger partial charge in [0.1, 0.15) is 5.82 Å². The van der Waals surface area contributed by atoms with Crippen LogP contribution in [-0.2, 0) is 6.42 Å². The third-order valence-corrected chi connectivity index (χ3v) is 4.39. The van der Waals surface area contributed by atoms with E-state index in [4.69, 9.17) is 0 Å². The van der Waals surface area contributed by atoms with Crippen LogP contribution in [-0.4, -0.2) is 26.2 Å². The zero-order valence-electron chi connectivity index (χ0n) is 18.1. The summed E-state index contributed by atoms with van der Waals surface area (Å²) in [5.74, 6) is 0.385. The summed E-state index contributed by atoms with van der Waals surface area (Å²) in [4.78, 5) is 2.15. The third-order valence-electron chi connectivity index (χ3n) is 4.39. The van der Waals surface area contributed by atoms with E-state index in [1.807, 2.05) is 7.05 Å². The van der Waals surface area contributed by atoms with Crippen LogP contribution in [0.5, 0.6) is 0 Å². The average molecular weight is 374 g/mol. The van der Waals surface area contributed by atoms with E-state index in [-0.39, 0.29) is 42.8 Å². The van der Waals surface area contributed by atoms with Crippen LogP contribution in [0.15, 0.2) is 31.4 Å². The molecule has 2 unspecified atom stereocenters. The number of rotatable bonds is 10. The van der Waals surface area contributed by atoms with Gasteiger partial charge in [-0.15, -0.1) is 13.2 Å². The first-order chi connectivity index (χ1) is 11.5. The Hall–Kier alpha value is -0.350. The van der Waals surface area contributed by atoms with Gasteiger partial charge in [0.15, 0.2) is 0 Å². The number of benzene rings is 1. The van der Waals surface area contributed by atoms with Crippen molar-refractivity contribution in [3.8, 4) is 0 Å². The predicted molar refractivity (Wildman–Crippen MR) is 113 cm³/mol. The molecule has 0 aliphatic rings. The van der Waals surface area contributed by atoms with Gasteiger partial charge in [0.2, 0.25) is 0 Å². The molecule has 0 radical (unpaired) electrons. The Kier molecular flexibility index (Phi) is 21.1. The molecule has 0 fully saturated rings. The Morgan fingerprint density at radius 2 is 1.85 bits per heavy atom. The second-order valence-corrected chi connectivity index (χ2v) is 6.25. The molecule has 1 N–H and O–H groups in total. The molecule has 1 aromatic carbocycles. The van der Waals surface area contributed by atoms with E-state index in [1.165, 1.54) is 0 Å². The number of halogens is 1. The van der Waals surface area contributed by atoms with Crippen LogP contribution in [0.4, 0.5) is 10.1 Å². The molecule has 0 saturated carbocycles. The van der Waals surface area contributed by atoms with Gasteiger partial charge in [-0.3, -0.25) is 0 Å². The van der Waals surface area contributed by atoms with Crippen molar-refractivity contribution in [1.82, 2.24) is 5.32 Å². The minimum absolute atomic E-state index is 0. The molecule has 2 atom stereocenters. The van der Waals surface area contributed by atoms with Gasteiger partial charge in [-0.2, -0.15) is 6.42 Å². The average Bonchev–Trinajstić information content (AvgIpc) is 2.60.